The van der Waals surface area contributed by atoms with Crippen molar-refractivity contribution in [3.05, 3.63) is 82.6 Å². The zero-order valence-corrected chi connectivity index (χ0v) is 22.6. The number of ether oxygens (including phenoxy) is 2. The average molecular weight is 588 g/mol. The number of nitrogens with one attached hydrogen (secondary N) is 1. The Kier molecular flexibility index (Phi) is 9.66. The summed E-state index contributed by atoms with van der Waals surface area (Å²) in [4.78, 5) is 30.9. The van der Waals surface area contributed by atoms with Crippen LogP contribution < -0.4 is 10.5 Å². The predicted octanol–water partition coefficient (Wildman–Crippen LogP) is 4.69. The number of hydrogen-bond acceptors (Lipinski definition) is 6. The maximum Gasteiger partial charge on any atom is 0.305 e. The molecule has 0 radical (unpaired) electrons. The lowest BCUT2D eigenvalue weighted by Gasteiger charge is -2.25. The summed E-state index contributed by atoms with van der Waals surface area (Å²) in [5.74, 6) is 0.264. The largest absolute Gasteiger partial charge is 0.490 e. The summed E-state index contributed by atoms with van der Waals surface area (Å²) < 4.78 is 11.8. The lowest BCUT2D eigenvalue weighted by atomic mass is 10.0. The Bertz CT molecular complexity index is 1260. The van der Waals surface area contributed by atoms with Gasteiger partial charge in [-0.15, -0.1) is 12.4 Å². The second-order valence-corrected chi connectivity index (χ2v) is 9.54. The van der Waals surface area contributed by atoms with Crippen molar-refractivity contribution in [2.24, 2.45) is 11.7 Å². The van der Waals surface area contributed by atoms with Crippen LogP contribution in [0.2, 0.25) is 0 Å². The summed E-state index contributed by atoms with van der Waals surface area (Å²) in [6.45, 7) is 0.738. The van der Waals surface area contributed by atoms with Crippen LogP contribution in [-0.4, -0.2) is 53.9 Å². The first-order valence-electron chi connectivity index (χ1n) is 11.5. The standard InChI is InChI=1S/C27H27BrN4O4.ClH/c1-35-25(33)12-17-11-22(32(15-17)27(34)21-3-2-10-31-14-21)16-36-24-9-8-20(13-23(24)28)18-4-6-19(7-5-18)26(29)30;/h2-10,13-14,17,22H,11-12,15-16H2,1H3,(H3,29,30);1H/t17-,22-;/m0./s1. The molecule has 0 unspecified atom stereocenters. The minimum absolute atomic E-state index is 0. The molecular formula is C27H28BrClN4O4. The van der Waals surface area contributed by atoms with Gasteiger partial charge in [0.15, 0.2) is 0 Å². The van der Waals surface area contributed by atoms with Gasteiger partial charge < -0.3 is 20.1 Å². The number of aromatic nitrogens is 1. The Labute approximate surface area is 230 Å². The van der Waals surface area contributed by atoms with Gasteiger partial charge in [0.1, 0.15) is 18.2 Å². The Balaban J connectivity index is 0.00000380. The number of esters is 1. The van der Waals surface area contributed by atoms with Gasteiger partial charge >= 0.3 is 5.97 Å². The molecule has 8 nitrogen and oxygen atoms in total. The molecule has 0 spiro atoms. The highest BCUT2D eigenvalue weighted by Crippen LogP contribution is 2.33. The molecular weight excluding hydrogens is 560 g/mol. The molecule has 1 aliphatic heterocycles. The molecule has 194 valence electrons. The van der Waals surface area contributed by atoms with Crippen LogP contribution in [0, 0.1) is 11.3 Å². The van der Waals surface area contributed by atoms with Gasteiger partial charge in [0, 0.05) is 24.5 Å². The first-order chi connectivity index (χ1) is 17.4. The molecule has 0 aliphatic carbocycles. The Hall–Kier alpha value is -3.43. The van der Waals surface area contributed by atoms with Crippen LogP contribution in [0.15, 0.2) is 71.5 Å². The smallest absolute Gasteiger partial charge is 0.305 e. The minimum Gasteiger partial charge on any atom is -0.490 e. The molecule has 0 bridgehead atoms. The first kappa shape index (κ1) is 28.1. The van der Waals surface area contributed by atoms with Crippen molar-refractivity contribution in [3.8, 4) is 16.9 Å². The van der Waals surface area contributed by atoms with Gasteiger partial charge in [0.2, 0.25) is 0 Å². The molecule has 1 fully saturated rings. The van der Waals surface area contributed by atoms with Gasteiger partial charge in [0.25, 0.3) is 5.91 Å². The number of carbonyl (C=O) groups excluding carboxylic acids is 2. The molecule has 3 aromatic rings. The highest BCUT2D eigenvalue weighted by Gasteiger charge is 2.37. The molecule has 1 aliphatic rings. The zero-order valence-electron chi connectivity index (χ0n) is 20.2. The molecule has 1 aromatic heterocycles. The van der Waals surface area contributed by atoms with E-state index < -0.39 is 0 Å². The van der Waals surface area contributed by atoms with Crippen molar-refractivity contribution in [2.45, 2.75) is 18.9 Å². The first-order valence-corrected chi connectivity index (χ1v) is 12.3. The van der Waals surface area contributed by atoms with Crippen LogP contribution in [0.1, 0.15) is 28.8 Å². The molecule has 1 amide bonds. The molecule has 37 heavy (non-hydrogen) atoms. The van der Waals surface area contributed by atoms with E-state index in [0.717, 1.165) is 15.6 Å². The SMILES string of the molecule is COC(=O)C[C@@H]1C[C@@H](COc2ccc(-c3ccc(C(=N)N)cc3)cc2Br)N(C(=O)c2cccnc2)C1.Cl. The molecule has 3 N–H and O–H groups in total. The van der Waals surface area contributed by atoms with Gasteiger partial charge in [-0.25, -0.2) is 0 Å². The molecule has 4 rings (SSSR count). The Morgan fingerprint density at radius 2 is 1.86 bits per heavy atom. The van der Waals surface area contributed by atoms with Crippen LogP contribution in [0.25, 0.3) is 11.1 Å². The van der Waals surface area contributed by atoms with Crippen molar-refractivity contribution in [1.29, 1.82) is 5.41 Å². The highest BCUT2D eigenvalue weighted by molar-refractivity contribution is 9.10. The zero-order chi connectivity index (χ0) is 25.7. The number of amides is 1. The lowest BCUT2D eigenvalue weighted by Crippen LogP contribution is -2.39. The molecule has 0 saturated carbocycles. The predicted molar refractivity (Wildman–Crippen MR) is 147 cm³/mol. The van der Waals surface area contributed by atoms with Crippen molar-refractivity contribution < 1.29 is 19.1 Å². The van der Waals surface area contributed by atoms with Crippen LogP contribution in [-0.2, 0) is 9.53 Å². The van der Waals surface area contributed by atoms with E-state index in [4.69, 9.17) is 20.6 Å². The van der Waals surface area contributed by atoms with Crippen molar-refractivity contribution >= 4 is 46.0 Å². The van der Waals surface area contributed by atoms with E-state index in [1.807, 2.05) is 42.5 Å². The molecule has 2 atom stereocenters. The number of pyridine rings is 1. The number of nitrogens with zero attached hydrogens (tertiary/aromatic N) is 2. The molecule has 2 heterocycles. The van der Waals surface area contributed by atoms with Crippen molar-refractivity contribution in [3.63, 3.8) is 0 Å². The number of methoxy groups -OCH3 is 1. The number of amidine groups is 1. The summed E-state index contributed by atoms with van der Waals surface area (Å²) in [6.07, 6.45) is 4.07. The van der Waals surface area contributed by atoms with E-state index in [0.29, 0.717) is 29.8 Å². The van der Waals surface area contributed by atoms with Gasteiger partial charge in [-0.1, -0.05) is 30.3 Å². The third-order valence-corrected chi connectivity index (χ3v) is 6.87. The topological polar surface area (TPSA) is 119 Å². The highest BCUT2D eigenvalue weighted by atomic mass is 79.9. The van der Waals surface area contributed by atoms with E-state index in [2.05, 4.69) is 20.9 Å². The van der Waals surface area contributed by atoms with E-state index in [1.54, 1.807) is 29.4 Å². The van der Waals surface area contributed by atoms with E-state index in [9.17, 15) is 9.59 Å². The fourth-order valence-electron chi connectivity index (χ4n) is 4.37. The summed E-state index contributed by atoms with van der Waals surface area (Å²) in [5, 5.41) is 7.54. The summed E-state index contributed by atoms with van der Waals surface area (Å²) in [5.41, 5.74) is 8.69. The molecule has 1 saturated heterocycles. The Morgan fingerprint density at radius 3 is 2.49 bits per heavy atom. The van der Waals surface area contributed by atoms with Crippen LogP contribution in [0.4, 0.5) is 0 Å². The number of likely N-dealkylation sites (tertiary alicyclic amines) is 1. The third-order valence-electron chi connectivity index (χ3n) is 6.25. The minimum atomic E-state index is -0.287. The number of rotatable bonds is 8. The lowest BCUT2D eigenvalue weighted by molar-refractivity contribution is -0.141. The fraction of sp³-hybridized carbons (Fsp3) is 0.259. The van der Waals surface area contributed by atoms with Gasteiger partial charge in [-0.05, 0) is 63.7 Å². The summed E-state index contributed by atoms with van der Waals surface area (Å²) in [7, 11) is 1.37. The normalized spacial score (nSPS) is 16.5. The van der Waals surface area contributed by atoms with Gasteiger partial charge in [0.05, 0.1) is 29.6 Å². The van der Waals surface area contributed by atoms with E-state index in [-0.39, 0.29) is 55.1 Å². The molecule has 2 aromatic carbocycles. The van der Waals surface area contributed by atoms with Crippen LogP contribution in [0.5, 0.6) is 5.75 Å². The number of hydrogen-bond donors (Lipinski definition) is 2. The van der Waals surface area contributed by atoms with Gasteiger partial charge in [-0.2, -0.15) is 0 Å². The molecule has 10 heteroatoms. The summed E-state index contributed by atoms with van der Waals surface area (Å²) >= 11 is 3.60. The monoisotopic (exact) mass is 586 g/mol. The van der Waals surface area contributed by atoms with E-state index in [1.165, 1.54) is 7.11 Å². The van der Waals surface area contributed by atoms with Crippen LogP contribution >= 0.6 is 28.3 Å². The van der Waals surface area contributed by atoms with Crippen molar-refractivity contribution in [1.82, 2.24) is 9.88 Å². The maximum atomic E-state index is 13.2. The average Bonchev–Trinajstić information content (AvgIpc) is 3.30. The van der Waals surface area contributed by atoms with Crippen LogP contribution in [0.3, 0.4) is 0 Å². The number of nitrogens with two attached hydrogens (primary N) is 1. The second-order valence-electron chi connectivity index (χ2n) is 8.68. The Morgan fingerprint density at radius 1 is 1.14 bits per heavy atom. The number of halogens is 2. The fourth-order valence-corrected chi connectivity index (χ4v) is 4.86. The number of nitrogen functional groups attached to an aromatic ring is 1. The second kappa shape index (κ2) is 12.7. The van der Waals surface area contributed by atoms with Gasteiger partial charge in [-0.3, -0.25) is 20.0 Å². The third kappa shape index (κ3) is 6.87. The number of benzene rings is 2. The quantitative estimate of drug-likeness (QED) is 0.224. The number of carbonyl (C=O) groups is 2. The maximum absolute atomic E-state index is 13.2. The summed E-state index contributed by atoms with van der Waals surface area (Å²) in [6, 6.07) is 16.5. The van der Waals surface area contributed by atoms with E-state index >= 15 is 0 Å². The van der Waals surface area contributed by atoms with Crippen molar-refractivity contribution in [2.75, 3.05) is 20.3 Å².